The molecule has 0 spiro atoms. The molecular formula is C38H40Cl2InN5O10. The summed E-state index contributed by atoms with van der Waals surface area (Å²) in [6, 6.07) is 16.6. The Balaban J connectivity index is 1.42. The van der Waals surface area contributed by atoms with Gasteiger partial charge in [-0.25, -0.2) is 0 Å². The molecule has 0 fully saturated rings. The number of carboxylic acid groups (broad SMARTS) is 2. The van der Waals surface area contributed by atoms with Gasteiger partial charge in [0, 0.05) is 0 Å². The molecule has 0 saturated carbocycles. The SMILES string of the molecule is COc1nc(O[C@@H]2Cc3c4ccc[c]3[In]2[c]2cccc(c2Cl)C(=O)Nc2ccc(c(OC)n2)[C@H]4CNC[C@@H](O)CC(=O)O)c(Cl)cc1CNC[C@@H](O)CC(=O)O. The molecule has 294 valence electrons. The number of aliphatic hydroxyl groups is 2. The van der Waals surface area contributed by atoms with Crippen LogP contribution < -0.4 is 36.8 Å². The van der Waals surface area contributed by atoms with Crippen LogP contribution in [0.3, 0.4) is 0 Å². The number of fused-ring (bicyclic) bond motifs is 3. The number of aliphatic carboxylic acids is 2. The maximum atomic E-state index is 13.7. The van der Waals surface area contributed by atoms with Gasteiger partial charge in [-0.3, -0.25) is 4.79 Å². The molecule has 0 aliphatic carbocycles. The number of pyridine rings is 2. The van der Waals surface area contributed by atoms with Crippen molar-refractivity contribution in [2.24, 2.45) is 0 Å². The Bertz CT molecular complexity index is 2130. The number of anilines is 1. The molecule has 3 aliphatic rings. The first-order valence-corrected chi connectivity index (χ1v) is 23.7. The van der Waals surface area contributed by atoms with Crippen LogP contribution in [-0.4, -0.2) is 120 Å². The Morgan fingerprint density at radius 1 is 0.893 bits per heavy atom. The van der Waals surface area contributed by atoms with Gasteiger partial charge in [0.05, 0.1) is 0 Å². The molecule has 15 nitrogen and oxygen atoms in total. The normalized spacial score (nSPS) is 16.8. The van der Waals surface area contributed by atoms with Gasteiger partial charge >= 0.3 is 332 Å². The number of benzene rings is 2. The second-order valence-electron chi connectivity index (χ2n) is 13.5. The van der Waals surface area contributed by atoms with Crippen molar-refractivity contribution in [3.8, 4) is 17.6 Å². The van der Waals surface area contributed by atoms with Crippen LogP contribution in [-0.2, 0) is 22.6 Å². The van der Waals surface area contributed by atoms with E-state index in [4.69, 9.17) is 42.5 Å². The average Bonchev–Trinajstić information content (AvgIpc) is 3.51. The predicted molar refractivity (Wildman–Crippen MR) is 209 cm³/mol. The summed E-state index contributed by atoms with van der Waals surface area (Å²) in [6.07, 6.45) is -2.58. The van der Waals surface area contributed by atoms with Crippen molar-refractivity contribution in [3.05, 3.63) is 92.5 Å². The van der Waals surface area contributed by atoms with E-state index in [1.807, 2.05) is 24.3 Å². The Morgan fingerprint density at radius 2 is 1.57 bits per heavy atom. The molecule has 56 heavy (non-hydrogen) atoms. The topological polar surface area (TPSA) is 222 Å². The van der Waals surface area contributed by atoms with Crippen molar-refractivity contribution < 1.29 is 49.0 Å². The minimum Gasteiger partial charge on any atom is -0.481 e. The quantitative estimate of drug-likeness (QED) is 0.0856. The van der Waals surface area contributed by atoms with Gasteiger partial charge in [0.25, 0.3) is 0 Å². The summed E-state index contributed by atoms with van der Waals surface area (Å²) in [6.45, 7) is 0.511. The molecule has 8 bridgehead atoms. The van der Waals surface area contributed by atoms with Crippen LogP contribution in [0.2, 0.25) is 10.0 Å². The number of carbonyl (C=O) groups is 3. The van der Waals surface area contributed by atoms with Crippen LogP contribution in [0, 0.1) is 0 Å². The number of aliphatic hydroxyl groups excluding tert-OH is 2. The van der Waals surface area contributed by atoms with Crippen LogP contribution in [0.25, 0.3) is 0 Å². The molecule has 0 saturated heterocycles. The van der Waals surface area contributed by atoms with Crippen LogP contribution in [0.1, 0.15) is 51.4 Å². The Hall–Kier alpha value is -4.16. The smallest absolute Gasteiger partial charge is 0.481 e. The molecule has 18 heteroatoms. The average molecular weight is 912 g/mol. The number of carboxylic acids is 2. The fraction of sp³-hybridized carbons (Fsp3) is 0.342. The van der Waals surface area contributed by atoms with Gasteiger partial charge in [-0.1, -0.05) is 0 Å². The number of hydrogen-bond donors (Lipinski definition) is 7. The minimum absolute atomic E-state index is 0.0213. The first kappa shape index (κ1) is 41.5. The Morgan fingerprint density at radius 3 is 2.27 bits per heavy atom. The van der Waals surface area contributed by atoms with Crippen LogP contribution in [0.15, 0.2) is 54.6 Å². The number of ether oxygens (including phenoxy) is 3. The van der Waals surface area contributed by atoms with Crippen molar-refractivity contribution in [1.29, 1.82) is 0 Å². The van der Waals surface area contributed by atoms with Crippen molar-refractivity contribution in [1.82, 2.24) is 20.6 Å². The van der Waals surface area contributed by atoms with E-state index in [0.717, 1.165) is 17.8 Å². The standard InChI is InChI=1S/C38H40Cl2N5O10.In/c1-53-36-23(18-41-19-24(46)16-33(48)49)15-31(40)38(45-36)55-14-13-22-7-3-4-8-26(22)29(21-42-20-25(47)17-34(50)51)27-11-12-32(44-37(27)54-2)43-35(52)28-9-5-6-10-30(28)39;/h3-6,8-9,11-12,14-15,24-25,29,41-42,46-47H,13,16-21H2,1-2H3,(H,48,49)(H,50,51)(H,43,44,52);/t24-,25-,29-;/m0./s1. The number of aromatic nitrogens is 2. The maximum absolute atomic E-state index is 13.7. The van der Waals surface area contributed by atoms with E-state index in [1.54, 1.807) is 24.3 Å². The van der Waals surface area contributed by atoms with E-state index in [9.17, 15) is 29.7 Å². The second-order valence-corrected chi connectivity index (χ2v) is 22.7. The van der Waals surface area contributed by atoms with E-state index in [-0.39, 0.29) is 60.2 Å². The summed E-state index contributed by atoms with van der Waals surface area (Å²) in [5.74, 6) is -2.18. The zero-order valence-electron chi connectivity index (χ0n) is 30.4. The first-order chi connectivity index (χ1) is 26.9. The third kappa shape index (κ3) is 9.34. The van der Waals surface area contributed by atoms with E-state index in [0.29, 0.717) is 22.6 Å². The summed E-state index contributed by atoms with van der Waals surface area (Å²) >= 11 is 10.5. The summed E-state index contributed by atoms with van der Waals surface area (Å²) in [5, 5.41) is 48.1. The van der Waals surface area contributed by atoms with Crippen LogP contribution >= 0.6 is 23.2 Å². The van der Waals surface area contributed by atoms with E-state index < -0.39 is 74.1 Å². The number of halogens is 2. The van der Waals surface area contributed by atoms with Crippen molar-refractivity contribution in [3.63, 3.8) is 0 Å². The van der Waals surface area contributed by atoms with E-state index in [1.165, 1.54) is 14.2 Å². The van der Waals surface area contributed by atoms with Gasteiger partial charge in [-0.05, 0) is 0 Å². The van der Waals surface area contributed by atoms with Gasteiger partial charge in [-0.2, -0.15) is 0 Å². The molecule has 3 aliphatic heterocycles. The molecular weight excluding hydrogens is 872 g/mol. The number of hydrogen-bond acceptors (Lipinski definition) is 12. The molecule has 2 aromatic heterocycles. The molecule has 4 aromatic rings. The predicted octanol–water partition coefficient (Wildman–Crippen LogP) is 2.00. The summed E-state index contributed by atoms with van der Waals surface area (Å²) in [5.41, 5.74) is 3.51. The number of nitrogens with one attached hydrogen (secondary N) is 3. The van der Waals surface area contributed by atoms with Gasteiger partial charge in [0.15, 0.2) is 0 Å². The van der Waals surface area contributed by atoms with E-state index >= 15 is 0 Å². The van der Waals surface area contributed by atoms with Gasteiger partial charge < -0.3 is 5.11 Å². The summed E-state index contributed by atoms with van der Waals surface area (Å²) < 4.78 is 19.7. The number of carbonyl (C=O) groups excluding carboxylic acids is 1. The third-order valence-electron chi connectivity index (χ3n) is 9.73. The molecule has 4 atom stereocenters. The molecule has 7 rings (SSSR count). The van der Waals surface area contributed by atoms with Crippen molar-refractivity contribution in [2.45, 2.75) is 47.8 Å². The fourth-order valence-electron chi connectivity index (χ4n) is 7.30. The van der Waals surface area contributed by atoms with Crippen molar-refractivity contribution in [2.75, 3.05) is 39.2 Å². The van der Waals surface area contributed by atoms with Crippen LogP contribution in [0.5, 0.6) is 17.6 Å². The van der Waals surface area contributed by atoms with Gasteiger partial charge in [0.2, 0.25) is 0 Å². The number of methoxy groups -OCH3 is 2. The van der Waals surface area contributed by atoms with Crippen LogP contribution in [0.4, 0.5) is 5.82 Å². The fourth-order valence-corrected chi connectivity index (χ4v) is 18.8. The van der Waals surface area contributed by atoms with Gasteiger partial charge in [0.1, 0.15) is 0 Å². The zero-order chi connectivity index (χ0) is 40.1. The minimum atomic E-state index is -3.51. The molecule has 7 N–H and O–H groups in total. The number of rotatable bonds is 16. The van der Waals surface area contributed by atoms with Crippen molar-refractivity contribution >= 4 is 74.9 Å². The molecule has 0 radical (unpaired) electrons. The van der Waals surface area contributed by atoms with E-state index in [2.05, 4.69) is 32.0 Å². The molecule has 1 amide bonds. The zero-order valence-corrected chi connectivity index (χ0v) is 35.2. The third-order valence-corrected chi connectivity index (χ3v) is 20.9. The monoisotopic (exact) mass is 911 g/mol. The van der Waals surface area contributed by atoms with Gasteiger partial charge in [-0.15, -0.1) is 0 Å². The number of nitrogens with zero attached hydrogens (tertiary/aromatic N) is 2. The molecule has 2 aromatic carbocycles. The summed E-state index contributed by atoms with van der Waals surface area (Å²) in [4.78, 5) is 45.2. The summed E-state index contributed by atoms with van der Waals surface area (Å²) in [7, 11) is 2.94. The first-order valence-electron chi connectivity index (χ1n) is 17.8. The second kappa shape index (κ2) is 18.4. The number of amides is 1. The molecule has 0 unspecified atom stereocenters. The molecule has 5 heterocycles. The Labute approximate surface area is 339 Å². The Kier molecular flexibility index (Phi) is 13.6.